The average molecular weight is 408 g/mol. The number of rotatable bonds is 2. The summed E-state index contributed by atoms with van der Waals surface area (Å²) in [6, 6.07) is 12.4. The lowest BCUT2D eigenvalue weighted by Crippen LogP contribution is -2.47. The molecular weight excluding hydrogens is 390 g/mol. The number of pyridine rings is 2. The Morgan fingerprint density at radius 2 is 1.77 bits per heavy atom. The van der Waals surface area contributed by atoms with Gasteiger partial charge >= 0.3 is 0 Å². The first-order chi connectivity index (χ1) is 12.7. The summed E-state index contributed by atoms with van der Waals surface area (Å²) < 4.78 is 0.999. The number of halogens is 1. The van der Waals surface area contributed by atoms with Crippen molar-refractivity contribution in [3.05, 3.63) is 58.3 Å². The maximum Gasteiger partial charge on any atom is 0.131 e. The lowest BCUT2D eigenvalue weighted by Gasteiger charge is -2.38. The van der Waals surface area contributed by atoms with Crippen LogP contribution >= 0.6 is 15.9 Å². The van der Waals surface area contributed by atoms with Gasteiger partial charge in [0, 0.05) is 48.4 Å². The van der Waals surface area contributed by atoms with E-state index in [9.17, 15) is 5.26 Å². The number of fused-ring (bicyclic) bond motifs is 1. The van der Waals surface area contributed by atoms with Crippen molar-refractivity contribution < 1.29 is 0 Å². The van der Waals surface area contributed by atoms with Crippen LogP contribution in [0.1, 0.15) is 11.1 Å². The van der Waals surface area contributed by atoms with E-state index in [1.165, 1.54) is 5.56 Å². The van der Waals surface area contributed by atoms with Gasteiger partial charge in [-0.3, -0.25) is 4.98 Å². The Hall–Kier alpha value is -2.65. The Labute approximate surface area is 161 Å². The van der Waals surface area contributed by atoms with Gasteiger partial charge in [0.05, 0.1) is 16.8 Å². The minimum Gasteiger partial charge on any atom is -0.366 e. The Balaban J connectivity index is 1.63. The fourth-order valence-corrected chi connectivity index (χ4v) is 4.00. The molecular formula is C20H18BrN5. The molecule has 26 heavy (non-hydrogen) atoms. The third kappa shape index (κ3) is 2.99. The molecule has 1 saturated heterocycles. The van der Waals surface area contributed by atoms with Crippen LogP contribution in [0.15, 0.2) is 47.2 Å². The SMILES string of the molecule is Cc1cc(Br)cnc1N1CCN(c2c(C#N)cnc3ccccc23)CC1. The molecule has 1 aliphatic heterocycles. The number of hydrogen-bond acceptors (Lipinski definition) is 5. The van der Waals surface area contributed by atoms with Crippen molar-refractivity contribution in [2.24, 2.45) is 0 Å². The Morgan fingerprint density at radius 3 is 2.50 bits per heavy atom. The average Bonchev–Trinajstić information content (AvgIpc) is 2.67. The largest absolute Gasteiger partial charge is 0.366 e. The van der Waals surface area contributed by atoms with Crippen LogP contribution in [-0.2, 0) is 0 Å². The molecule has 0 amide bonds. The van der Waals surface area contributed by atoms with E-state index in [0.29, 0.717) is 5.56 Å². The van der Waals surface area contributed by atoms with E-state index in [1.54, 1.807) is 6.20 Å². The number of nitriles is 1. The molecule has 0 unspecified atom stereocenters. The highest BCUT2D eigenvalue weighted by Gasteiger charge is 2.23. The van der Waals surface area contributed by atoms with Gasteiger partial charge in [-0.15, -0.1) is 0 Å². The van der Waals surface area contributed by atoms with Gasteiger partial charge in [-0.05, 0) is 40.5 Å². The van der Waals surface area contributed by atoms with E-state index in [-0.39, 0.29) is 0 Å². The minimum atomic E-state index is 0.634. The number of anilines is 2. The summed E-state index contributed by atoms with van der Waals surface area (Å²) in [5.74, 6) is 1.04. The first-order valence-corrected chi connectivity index (χ1v) is 9.36. The molecule has 0 spiro atoms. The van der Waals surface area contributed by atoms with E-state index >= 15 is 0 Å². The molecule has 4 rings (SSSR count). The van der Waals surface area contributed by atoms with Crippen molar-refractivity contribution in [3.8, 4) is 6.07 Å². The maximum absolute atomic E-state index is 9.56. The fourth-order valence-electron chi connectivity index (χ4n) is 3.56. The molecule has 1 aromatic carbocycles. The first-order valence-electron chi connectivity index (χ1n) is 8.57. The van der Waals surface area contributed by atoms with Crippen LogP contribution in [0.2, 0.25) is 0 Å². The zero-order valence-electron chi connectivity index (χ0n) is 14.5. The zero-order valence-corrected chi connectivity index (χ0v) is 16.1. The van der Waals surface area contributed by atoms with Crippen molar-refractivity contribution in [1.29, 1.82) is 5.26 Å². The van der Waals surface area contributed by atoms with Gasteiger partial charge in [-0.2, -0.15) is 5.26 Å². The second-order valence-electron chi connectivity index (χ2n) is 6.42. The lowest BCUT2D eigenvalue weighted by atomic mass is 10.1. The summed E-state index contributed by atoms with van der Waals surface area (Å²) in [6.07, 6.45) is 3.53. The molecule has 3 heterocycles. The van der Waals surface area contributed by atoms with Gasteiger partial charge in [0.1, 0.15) is 11.9 Å². The molecule has 0 bridgehead atoms. The molecule has 1 aliphatic rings. The second-order valence-corrected chi connectivity index (χ2v) is 7.33. The van der Waals surface area contributed by atoms with Gasteiger partial charge in [0.15, 0.2) is 0 Å². The van der Waals surface area contributed by atoms with Crippen molar-refractivity contribution in [2.45, 2.75) is 6.92 Å². The normalized spacial score (nSPS) is 14.5. The van der Waals surface area contributed by atoms with Gasteiger partial charge in [-0.25, -0.2) is 4.98 Å². The maximum atomic E-state index is 9.56. The van der Waals surface area contributed by atoms with Crippen LogP contribution in [-0.4, -0.2) is 36.1 Å². The number of para-hydroxylation sites is 1. The first kappa shape index (κ1) is 16.8. The van der Waals surface area contributed by atoms with Crippen molar-refractivity contribution in [1.82, 2.24) is 9.97 Å². The quantitative estimate of drug-likeness (QED) is 0.644. The summed E-state index contributed by atoms with van der Waals surface area (Å²) >= 11 is 3.47. The highest BCUT2D eigenvalue weighted by molar-refractivity contribution is 9.10. The number of aryl methyl sites for hydroxylation is 1. The highest BCUT2D eigenvalue weighted by Crippen LogP contribution is 2.31. The number of aromatic nitrogens is 2. The third-order valence-corrected chi connectivity index (χ3v) is 5.21. The lowest BCUT2D eigenvalue weighted by molar-refractivity contribution is 0.646. The standard InChI is InChI=1S/C20H18BrN5/c1-14-10-16(21)13-24-20(14)26-8-6-25(7-9-26)19-15(11-22)12-23-18-5-3-2-4-17(18)19/h2-5,10,12-13H,6-9H2,1H3. The summed E-state index contributed by atoms with van der Waals surface area (Å²) in [5.41, 5.74) is 3.72. The molecule has 0 saturated carbocycles. The van der Waals surface area contributed by atoms with E-state index in [0.717, 1.165) is 53.1 Å². The smallest absolute Gasteiger partial charge is 0.131 e. The third-order valence-electron chi connectivity index (χ3n) is 4.78. The molecule has 3 aromatic rings. The minimum absolute atomic E-state index is 0.634. The Kier molecular flexibility index (Phi) is 4.48. The van der Waals surface area contributed by atoms with Gasteiger partial charge in [-0.1, -0.05) is 18.2 Å². The van der Waals surface area contributed by atoms with Gasteiger partial charge in [0.2, 0.25) is 0 Å². The molecule has 0 N–H and O–H groups in total. The monoisotopic (exact) mass is 407 g/mol. The molecule has 5 nitrogen and oxygen atoms in total. The van der Waals surface area contributed by atoms with Crippen molar-refractivity contribution in [2.75, 3.05) is 36.0 Å². The Bertz CT molecular complexity index is 1000. The number of benzene rings is 1. The van der Waals surface area contributed by atoms with Crippen molar-refractivity contribution >= 4 is 38.3 Å². The molecule has 0 aliphatic carbocycles. The molecule has 0 radical (unpaired) electrons. The highest BCUT2D eigenvalue weighted by atomic mass is 79.9. The number of nitrogens with zero attached hydrogens (tertiary/aromatic N) is 5. The topological polar surface area (TPSA) is 56.1 Å². The summed E-state index contributed by atoms with van der Waals surface area (Å²) in [4.78, 5) is 13.6. The van der Waals surface area contributed by atoms with Crippen LogP contribution in [0.3, 0.4) is 0 Å². The summed E-state index contributed by atoms with van der Waals surface area (Å²) in [7, 11) is 0. The van der Waals surface area contributed by atoms with Crippen LogP contribution < -0.4 is 9.80 Å². The Morgan fingerprint density at radius 1 is 1.04 bits per heavy atom. The number of piperazine rings is 1. The molecule has 130 valence electrons. The fraction of sp³-hybridized carbons (Fsp3) is 0.250. The van der Waals surface area contributed by atoms with Crippen molar-refractivity contribution in [3.63, 3.8) is 0 Å². The molecule has 1 fully saturated rings. The molecule has 6 heteroatoms. The van der Waals surface area contributed by atoms with Crippen LogP contribution in [0.25, 0.3) is 10.9 Å². The number of hydrogen-bond donors (Lipinski definition) is 0. The molecule has 2 aromatic heterocycles. The predicted molar refractivity (Wildman–Crippen MR) is 108 cm³/mol. The van der Waals surface area contributed by atoms with Crippen LogP contribution in [0.4, 0.5) is 11.5 Å². The van der Waals surface area contributed by atoms with Crippen LogP contribution in [0, 0.1) is 18.3 Å². The van der Waals surface area contributed by atoms with E-state index in [2.05, 4.69) is 54.8 Å². The summed E-state index contributed by atoms with van der Waals surface area (Å²) in [6.45, 7) is 5.53. The zero-order chi connectivity index (χ0) is 18.1. The second kappa shape index (κ2) is 6.93. The van der Waals surface area contributed by atoms with Crippen LogP contribution in [0.5, 0.6) is 0 Å². The van der Waals surface area contributed by atoms with E-state index in [1.807, 2.05) is 30.5 Å². The van der Waals surface area contributed by atoms with Gasteiger partial charge in [0.25, 0.3) is 0 Å². The molecule has 0 atom stereocenters. The van der Waals surface area contributed by atoms with E-state index in [4.69, 9.17) is 0 Å². The summed E-state index contributed by atoms with van der Waals surface area (Å²) in [5, 5.41) is 10.6. The predicted octanol–water partition coefficient (Wildman–Crippen LogP) is 3.90. The van der Waals surface area contributed by atoms with E-state index < -0.39 is 0 Å². The van der Waals surface area contributed by atoms with Gasteiger partial charge < -0.3 is 9.80 Å².